The van der Waals surface area contributed by atoms with Crippen LogP contribution in [0.15, 0.2) is 24.3 Å². The van der Waals surface area contributed by atoms with E-state index >= 15 is 0 Å². The molecule has 0 radical (unpaired) electrons. The highest BCUT2D eigenvalue weighted by Gasteiger charge is 2.09. The monoisotopic (exact) mass is 312 g/mol. The van der Waals surface area contributed by atoms with Crippen LogP contribution in [0.1, 0.15) is 46.9 Å². The first-order valence-electron chi connectivity index (χ1n) is 6.05. The molecule has 1 aromatic rings. The van der Waals surface area contributed by atoms with Crippen molar-refractivity contribution in [3.8, 4) is 0 Å². The number of hydrogen-bond acceptors (Lipinski definition) is 3. The first-order chi connectivity index (χ1) is 8.69. The standard InChI is InChI=1S/C14H17BrO3/c1-2-18-14(17)12-8-6-11(7-9-12)13(16)5-3-4-10-15/h6-9H,2-5,10H2,1H3. The number of Topliss-reactive ketones (excluding diaryl/α,β-unsaturated/α-hetero) is 1. The molecule has 0 aromatic heterocycles. The summed E-state index contributed by atoms with van der Waals surface area (Å²) < 4.78 is 4.88. The first-order valence-corrected chi connectivity index (χ1v) is 7.17. The van der Waals surface area contributed by atoms with Gasteiger partial charge < -0.3 is 4.74 Å². The molecule has 18 heavy (non-hydrogen) atoms. The molecule has 3 nitrogen and oxygen atoms in total. The second kappa shape index (κ2) is 8.03. The molecule has 0 spiro atoms. The molecule has 0 saturated carbocycles. The summed E-state index contributed by atoms with van der Waals surface area (Å²) in [7, 11) is 0. The molecule has 0 heterocycles. The van der Waals surface area contributed by atoms with E-state index in [1.807, 2.05) is 0 Å². The summed E-state index contributed by atoms with van der Waals surface area (Å²) in [5, 5.41) is 0.919. The molecule has 0 unspecified atom stereocenters. The van der Waals surface area contributed by atoms with Crippen LogP contribution in [-0.4, -0.2) is 23.7 Å². The van der Waals surface area contributed by atoms with Crippen molar-refractivity contribution in [2.24, 2.45) is 0 Å². The van der Waals surface area contributed by atoms with Gasteiger partial charge in [-0.2, -0.15) is 0 Å². The molecule has 0 atom stereocenters. The summed E-state index contributed by atoms with van der Waals surface area (Å²) in [6.45, 7) is 2.12. The van der Waals surface area contributed by atoms with Crippen molar-refractivity contribution >= 4 is 27.7 Å². The Bertz CT molecular complexity index is 398. The Kier molecular flexibility index (Phi) is 6.65. The van der Waals surface area contributed by atoms with Crippen LogP contribution < -0.4 is 0 Å². The van der Waals surface area contributed by atoms with Crippen LogP contribution in [0.2, 0.25) is 0 Å². The Labute approximate surface area is 116 Å². The highest BCUT2D eigenvalue weighted by atomic mass is 79.9. The summed E-state index contributed by atoms with van der Waals surface area (Å²) in [6, 6.07) is 6.64. The zero-order valence-electron chi connectivity index (χ0n) is 10.4. The zero-order chi connectivity index (χ0) is 13.4. The van der Waals surface area contributed by atoms with E-state index in [-0.39, 0.29) is 11.8 Å². The van der Waals surface area contributed by atoms with Gasteiger partial charge >= 0.3 is 5.97 Å². The SMILES string of the molecule is CCOC(=O)c1ccc(C(=O)CCCCBr)cc1. The molecule has 0 aliphatic rings. The molecule has 0 bridgehead atoms. The number of unbranched alkanes of at least 4 members (excludes halogenated alkanes) is 1. The predicted molar refractivity (Wildman–Crippen MR) is 74.4 cm³/mol. The lowest BCUT2D eigenvalue weighted by atomic mass is 10.0. The van der Waals surface area contributed by atoms with Crippen molar-refractivity contribution in [1.82, 2.24) is 0 Å². The topological polar surface area (TPSA) is 43.4 Å². The van der Waals surface area contributed by atoms with Crippen molar-refractivity contribution < 1.29 is 14.3 Å². The van der Waals surface area contributed by atoms with Gasteiger partial charge in [-0.25, -0.2) is 4.79 Å². The molecule has 0 amide bonds. The van der Waals surface area contributed by atoms with Gasteiger partial charge in [0.2, 0.25) is 0 Å². The normalized spacial score (nSPS) is 10.1. The van der Waals surface area contributed by atoms with E-state index in [2.05, 4.69) is 15.9 Å². The Balaban J connectivity index is 2.59. The summed E-state index contributed by atoms with van der Waals surface area (Å²) in [4.78, 5) is 23.2. The largest absolute Gasteiger partial charge is 0.462 e. The van der Waals surface area contributed by atoms with E-state index in [0.29, 0.717) is 24.2 Å². The molecule has 0 aliphatic heterocycles. The van der Waals surface area contributed by atoms with Gasteiger partial charge in [0.05, 0.1) is 12.2 Å². The van der Waals surface area contributed by atoms with Gasteiger partial charge in [0, 0.05) is 17.3 Å². The van der Waals surface area contributed by atoms with Crippen molar-refractivity contribution in [3.05, 3.63) is 35.4 Å². The van der Waals surface area contributed by atoms with Crippen LogP contribution in [0.25, 0.3) is 0 Å². The number of rotatable bonds is 7. The maximum atomic E-state index is 11.8. The molecule has 0 saturated heterocycles. The third-order valence-electron chi connectivity index (χ3n) is 2.51. The number of hydrogen-bond donors (Lipinski definition) is 0. The molecular weight excluding hydrogens is 296 g/mol. The fraction of sp³-hybridized carbons (Fsp3) is 0.429. The zero-order valence-corrected chi connectivity index (χ0v) is 12.0. The second-order valence-corrected chi connectivity index (χ2v) is 4.66. The van der Waals surface area contributed by atoms with Crippen LogP contribution in [0, 0.1) is 0 Å². The van der Waals surface area contributed by atoms with Gasteiger partial charge in [-0.1, -0.05) is 28.1 Å². The second-order valence-electron chi connectivity index (χ2n) is 3.87. The summed E-state index contributed by atoms with van der Waals surface area (Å²) in [6.07, 6.45) is 2.42. The Hall–Kier alpha value is -1.16. The molecule has 0 aliphatic carbocycles. The Morgan fingerprint density at radius 2 is 1.72 bits per heavy atom. The Morgan fingerprint density at radius 3 is 2.28 bits per heavy atom. The molecular formula is C14H17BrO3. The maximum Gasteiger partial charge on any atom is 0.338 e. The highest BCUT2D eigenvalue weighted by molar-refractivity contribution is 9.09. The van der Waals surface area contributed by atoms with Crippen LogP contribution in [-0.2, 0) is 4.74 Å². The minimum atomic E-state index is -0.351. The molecule has 98 valence electrons. The molecule has 0 fully saturated rings. The average molecular weight is 313 g/mol. The molecule has 1 rings (SSSR count). The minimum Gasteiger partial charge on any atom is -0.462 e. The fourth-order valence-electron chi connectivity index (χ4n) is 1.53. The van der Waals surface area contributed by atoms with Gasteiger partial charge in [0.15, 0.2) is 5.78 Å². The van der Waals surface area contributed by atoms with E-state index in [0.717, 1.165) is 18.2 Å². The first kappa shape index (κ1) is 14.9. The average Bonchev–Trinajstić information content (AvgIpc) is 2.39. The van der Waals surface area contributed by atoms with Gasteiger partial charge in [-0.3, -0.25) is 4.79 Å². The minimum absolute atomic E-state index is 0.117. The third-order valence-corrected chi connectivity index (χ3v) is 3.07. The van der Waals surface area contributed by atoms with E-state index in [4.69, 9.17) is 4.74 Å². The number of halogens is 1. The van der Waals surface area contributed by atoms with E-state index in [1.54, 1.807) is 31.2 Å². The number of carbonyl (C=O) groups excluding carboxylic acids is 2. The lowest BCUT2D eigenvalue weighted by Crippen LogP contribution is -2.05. The summed E-state index contributed by atoms with van der Waals surface area (Å²) >= 11 is 3.33. The Morgan fingerprint density at radius 1 is 1.11 bits per heavy atom. The van der Waals surface area contributed by atoms with Crippen molar-refractivity contribution in [3.63, 3.8) is 0 Å². The van der Waals surface area contributed by atoms with Crippen LogP contribution >= 0.6 is 15.9 Å². The smallest absolute Gasteiger partial charge is 0.338 e. The summed E-state index contributed by atoms with van der Waals surface area (Å²) in [5.41, 5.74) is 1.13. The fourth-order valence-corrected chi connectivity index (χ4v) is 1.93. The predicted octanol–water partition coefficient (Wildman–Crippen LogP) is 3.61. The van der Waals surface area contributed by atoms with E-state index in [9.17, 15) is 9.59 Å². The lowest BCUT2D eigenvalue weighted by molar-refractivity contribution is 0.0526. The molecule has 1 aromatic carbocycles. The van der Waals surface area contributed by atoms with Crippen LogP contribution in [0.4, 0.5) is 0 Å². The summed E-state index contributed by atoms with van der Waals surface area (Å²) in [5.74, 6) is -0.234. The van der Waals surface area contributed by atoms with Crippen LogP contribution in [0.3, 0.4) is 0 Å². The van der Waals surface area contributed by atoms with Crippen molar-refractivity contribution in [1.29, 1.82) is 0 Å². The quantitative estimate of drug-likeness (QED) is 0.334. The number of benzene rings is 1. The molecule has 4 heteroatoms. The van der Waals surface area contributed by atoms with E-state index in [1.165, 1.54) is 0 Å². The molecule has 0 N–H and O–H groups in total. The van der Waals surface area contributed by atoms with Gasteiger partial charge in [-0.05, 0) is 31.9 Å². The van der Waals surface area contributed by atoms with Crippen molar-refractivity contribution in [2.75, 3.05) is 11.9 Å². The number of alkyl halides is 1. The third kappa shape index (κ3) is 4.61. The van der Waals surface area contributed by atoms with Crippen molar-refractivity contribution in [2.45, 2.75) is 26.2 Å². The van der Waals surface area contributed by atoms with Crippen LogP contribution in [0.5, 0.6) is 0 Å². The van der Waals surface area contributed by atoms with Gasteiger partial charge in [-0.15, -0.1) is 0 Å². The van der Waals surface area contributed by atoms with Gasteiger partial charge in [0.1, 0.15) is 0 Å². The number of ether oxygens (including phenoxy) is 1. The number of carbonyl (C=O) groups is 2. The maximum absolute atomic E-state index is 11.8. The van der Waals surface area contributed by atoms with E-state index < -0.39 is 0 Å². The number of ketones is 1. The lowest BCUT2D eigenvalue weighted by Gasteiger charge is -2.03. The number of esters is 1. The highest BCUT2D eigenvalue weighted by Crippen LogP contribution is 2.10. The van der Waals surface area contributed by atoms with Gasteiger partial charge in [0.25, 0.3) is 0 Å².